The van der Waals surface area contributed by atoms with Crippen molar-refractivity contribution in [2.75, 3.05) is 0 Å². The number of rotatable bonds is 2. The number of amidine groups is 1. The van der Waals surface area contributed by atoms with Crippen LogP contribution in [0.25, 0.3) is 0 Å². The molecule has 6 nitrogen and oxygen atoms in total. The van der Waals surface area contributed by atoms with E-state index in [2.05, 4.69) is 10.5 Å². The molecule has 0 bridgehead atoms. The second kappa shape index (κ2) is 5.63. The molecule has 1 aromatic carbocycles. The Labute approximate surface area is 124 Å². The number of alkyl carbamates (subject to hydrolysis) is 1. The van der Waals surface area contributed by atoms with E-state index in [0.29, 0.717) is 5.56 Å². The number of ether oxygens (including phenoxy) is 1. The molecule has 6 heteroatoms. The topological polar surface area (TPSA) is 96.9 Å². The van der Waals surface area contributed by atoms with Crippen molar-refractivity contribution in [3.8, 4) is 0 Å². The number of amides is 1. The summed E-state index contributed by atoms with van der Waals surface area (Å²) >= 11 is 0. The van der Waals surface area contributed by atoms with Crippen LogP contribution in [0.1, 0.15) is 49.9 Å². The summed E-state index contributed by atoms with van der Waals surface area (Å²) in [6.45, 7) is 5.48. The zero-order valence-electron chi connectivity index (χ0n) is 12.5. The molecule has 21 heavy (non-hydrogen) atoms. The summed E-state index contributed by atoms with van der Waals surface area (Å²) in [5.74, 6) is 0.0877. The Morgan fingerprint density at radius 1 is 1.48 bits per heavy atom. The van der Waals surface area contributed by atoms with Gasteiger partial charge < -0.3 is 21.0 Å². The van der Waals surface area contributed by atoms with Crippen molar-refractivity contribution in [3.63, 3.8) is 0 Å². The van der Waals surface area contributed by atoms with Crippen LogP contribution in [0.3, 0.4) is 0 Å². The van der Waals surface area contributed by atoms with E-state index < -0.39 is 11.7 Å². The minimum atomic E-state index is -0.526. The van der Waals surface area contributed by atoms with Crippen LogP contribution < -0.4 is 11.1 Å². The highest BCUT2D eigenvalue weighted by molar-refractivity contribution is 5.98. The average Bonchev–Trinajstić information content (AvgIpc) is 2.79. The van der Waals surface area contributed by atoms with E-state index in [4.69, 9.17) is 15.7 Å². The molecule has 0 aliphatic heterocycles. The Bertz CT molecular complexity index is 576. The van der Waals surface area contributed by atoms with E-state index in [-0.39, 0.29) is 11.9 Å². The smallest absolute Gasteiger partial charge is 0.408 e. The molecule has 1 aliphatic rings. The third-order valence-corrected chi connectivity index (χ3v) is 3.35. The third-order valence-electron chi connectivity index (χ3n) is 3.35. The summed E-state index contributed by atoms with van der Waals surface area (Å²) in [5.41, 5.74) is 7.87. The molecule has 114 valence electrons. The number of benzene rings is 1. The number of hydrogen-bond donors (Lipinski definition) is 3. The molecule has 0 saturated heterocycles. The Morgan fingerprint density at radius 3 is 2.81 bits per heavy atom. The second-order valence-electron chi connectivity index (χ2n) is 6.10. The van der Waals surface area contributed by atoms with Gasteiger partial charge >= 0.3 is 6.09 Å². The van der Waals surface area contributed by atoms with Gasteiger partial charge in [0.2, 0.25) is 0 Å². The first kappa shape index (κ1) is 15.2. The van der Waals surface area contributed by atoms with Crippen LogP contribution in [0.15, 0.2) is 23.4 Å². The highest BCUT2D eigenvalue weighted by atomic mass is 16.6. The zero-order valence-corrected chi connectivity index (χ0v) is 12.5. The first-order valence-corrected chi connectivity index (χ1v) is 6.91. The molecule has 0 unspecified atom stereocenters. The number of hydrogen-bond acceptors (Lipinski definition) is 4. The van der Waals surface area contributed by atoms with Gasteiger partial charge in [0, 0.05) is 5.56 Å². The first-order chi connectivity index (χ1) is 9.81. The molecule has 1 amide bonds. The highest BCUT2D eigenvalue weighted by Gasteiger charge is 2.28. The minimum absolute atomic E-state index is 0.0877. The summed E-state index contributed by atoms with van der Waals surface area (Å²) in [7, 11) is 0. The molecule has 0 heterocycles. The second-order valence-corrected chi connectivity index (χ2v) is 6.10. The summed E-state index contributed by atoms with van der Waals surface area (Å²) in [4.78, 5) is 11.9. The quantitative estimate of drug-likeness (QED) is 0.337. The number of fused-ring (bicyclic) bond motifs is 1. The molecule has 0 saturated carbocycles. The van der Waals surface area contributed by atoms with Gasteiger partial charge in [-0.15, -0.1) is 0 Å². The fourth-order valence-corrected chi connectivity index (χ4v) is 2.55. The highest BCUT2D eigenvalue weighted by Crippen LogP contribution is 2.33. The van der Waals surface area contributed by atoms with Crippen LogP contribution in [0, 0.1) is 0 Å². The number of nitrogens with two attached hydrogens (primary N) is 1. The molecule has 4 N–H and O–H groups in total. The largest absolute Gasteiger partial charge is 0.444 e. The van der Waals surface area contributed by atoms with Gasteiger partial charge in [-0.3, -0.25) is 0 Å². The first-order valence-electron chi connectivity index (χ1n) is 6.91. The number of nitrogens with zero attached hydrogens (tertiary/aromatic N) is 1. The molecule has 0 radical (unpaired) electrons. The molecule has 1 atom stereocenters. The van der Waals surface area contributed by atoms with Gasteiger partial charge in [0.05, 0.1) is 6.04 Å². The Kier molecular flexibility index (Phi) is 4.06. The maximum absolute atomic E-state index is 11.9. The van der Waals surface area contributed by atoms with Crippen molar-refractivity contribution in [3.05, 3.63) is 34.9 Å². The van der Waals surface area contributed by atoms with E-state index in [0.717, 1.165) is 24.0 Å². The molecule has 1 aromatic rings. The molecule has 1 aliphatic carbocycles. The van der Waals surface area contributed by atoms with E-state index in [9.17, 15) is 4.79 Å². The molecular weight excluding hydrogens is 270 g/mol. The Morgan fingerprint density at radius 2 is 2.19 bits per heavy atom. The minimum Gasteiger partial charge on any atom is -0.444 e. The third kappa shape index (κ3) is 3.45. The van der Waals surface area contributed by atoms with Gasteiger partial charge in [-0.1, -0.05) is 23.4 Å². The molecule has 0 spiro atoms. The fourth-order valence-electron chi connectivity index (χ4n) is 2.55. The van der Waals surface area contributed by atoms with Gasteiger partial charge in [-0.25, -0.2) is 4.79 Å². The standard InChI is InChI=1S/C15H21N3O3/c1-15(2,3)21-14(19)17-12-8-7-9-10(12)5-4-6-11(9)13(16)18-20/h4-6,12,20H,7-8H2,1-3H3,(H2,16,18)(H,17,19)/t12-/m0/s1. The predicted octanol–water partition coefficient (Wildman–Crippen LogP) is 2.29. The van der Waals surface area contributed by atoms with Crippen LogP contribution >= 0.6 is 0 Å². The zero-order chi connectivity index (χ0) is 15.6. The molecule has 0 aromatic heterocycles. The maximum Gasteiger partial charge on any atom is 0.408 e. The number of carbonyl (C=O) groups excluding carboxylic acids is 1. The van der Waals surface area contributed by atoms with Crippen molar-refractivity contribution >= 4 is 11.9 Å². The predicted molar refractivity (Wildman–Crippen MR) is 79.4 cm³/mol. The van der Waals surface area contributed by atoms with Gasteiger partial charge in [-0.05, 0) is 44.7 Å². The summed E-state index contributed by atoms with van der Waals surface area (Å²) in [5, 5.41) is 14.8. The van der Waals surface area contributed by atoms with Crippen LogP contribution in [-0.2, 0) is 11.2 Å². The fraction of sp³-hybridized carbons (Fsp3) is 0.467. The number of carbonyl (C=O) groups is 1. The van der Waals surface area contributed by atoms with Gasteiger partial charge in [-0.2, -0.15) is 0 Å². The summed E-state index contributed by atoms with van der Waals surface area (Å²) in [6, 6.07) is 5.48. The van der Waals surface area contributed by atoms with E-state index >= 15 is 0 Å². The molecular formula is C15H21N3O3. The average molecular weight is 291 g/mol. The normalized spacial score (nSPS) is 18.2. The maximum atomic E-state index is 11.9. The van der Waals surface area contributed by atoms with Crippen LogP contribution in [0.4, 0.5) is 4.79 Å². The number of nitrogens with one attached hydrogen (secondary N) is 1. The lowest BCUT2D eigenvalue weighted by atomic mass is 10.0. The van der Waals surface area contributed by atoms with Gasteiger partial charge in [0.15, 0.2) is 5.84 Å². The van der Waals surface area contributed by atoms with Crippen LogP contribution in [-0.4, -0.2) is 22.7 Å². The van der Waals surface area contributed by atoms with E-state index in [1.165, 1.54) is 0 Å². The van der Waals surface area contributed by atoms with Crippen molar-refractivity contribution in [2.24, 2.45) is 10.9 Å². The summed E-state index contributed by atoms with van der Waals surface area (Å²) < 4.78 is 5.28. The summed E-state index contributed by atoms with van der Waals surface area (Å²) in [6.07, 6.45) is 1.10. The van der Waals surface area contributed by atoms with Crippen LogP contribution in [0.2, 0.25) is 0 Å². The van der Waals surface area contributed by atoms with Crippen molar-refractivity contribution in [1.29, 1.82) is 0 Å². The van der Waals surface area contributed by atoms with E-state index in [1.54, 1.807) is 0 Å². The number of oxime groups is 1. The van der Waals surface area contributed by atoms with Crippen molar-refractivity contribution in [2.45, 2.75) is 45.3 Å². The van der Waals surface area contributed by atoms with Gasteiger partial charge in [0.1, 0.15) is 5.60 Å². The lowest BCUT2D eigenvalue weighted by Gasteiger charge is -2.22. The Hall–Kier alpha value is -2.24. The lowest BCUT2D eigenvalue weighted by molar-refractivity contribution is 0.0503. The lowest BCUT2D eigenvalue weighted by Crippen LogP contribution is -2.34. The van der Waals surface area contributed by atoms with Crippen molar-refractivity contribution < 1.29 is 14.7 Å². The van der Waals surface area contributed by atoms with E-state index in [1.807, 2.05) is 39.0 Å². The molecule has 0 fully saturated rings. The van der Waals surface area contributed by atoms with Crippen LogP contribution in [0.5, 0.6) is 0 Å². The SMILES string of the molecule is CC(C)(C)OC(=O)N[C@H]1CCc2c(/C(N)=N/O)cccc21. The van der Waals surface area contributed by atoms with Crippen molar-refractivity contribution in [1.82, 2.24) is 5.32 Å². The molecule has 2 rings (SSSR count). The Balaban J connectivity index is 2.18. The monoisotopic (exact) mass is 291 g/mol. The van der Waals surface area contributed by atoms with Gasteiger partial charge in [0.25, 0.3) is 0 Å².